The average molecular weight is 345 g/mol. The maximum atomic E-state index is 12.9. The number of rotatable bonds is 2. The molecule has 122 valence electrons. The molecule has 0 spiro atoms. The second-order valence-electron chi connectivity index (χ2n) is 6.00. The van der Waals surface area contributed by atoms with Crippen LogP contribution in [0.1, 0.15) is 12.0 Å². The number of piperidine rings is 1. The molecule has 2 aliphatic heterocycles. The Morgan fingerprint density at radius 2 is 2.09 bits per heavy atom. The lowest BCUT2D eigenvalue weighted by atomic mass is 10.0. The summed E-state index contributed by atoms with van der Waals surface area (Å²) in [6.07, 6.45) is 0.843. The van der Waals surface area contributed by atoms with Gasteiger partial charge in [0.05, 0.1) is 17.7 Å². The maximum absolute atomic E-state index is 12.9. The van der Waals surface area contributed by atoms with Gasteiger partial charge >= 0.3 is 0 Å². The summed E-state index contributed by atoms with van der Waals surface area (Å²) in [4.78, 5) is 2.39. The van der Waals surface area contributed by atoms with Gasteiger partial charge in [-0.3, -0.25) is 4.90 Å². The van der Waals surface area contributed by atoms with Crippen molar-refractivity contribution in [2.24, 2.45) is 0 Å². The molecule has 22 heavy (non-hydrogen) atoms. The van der Waals surface area contributed by atoms with Gasteiger partial charge in [0, 0.05) is 25.7 Å². The summed E-state index contributed by atoms with van der Waals surface area (Å²) in [5, 5.41) is 0.317. The second-order valence-corrected chi connectivity index (χ2v) is 8.28. The Hall–Kier alpha value is -0.660. The Morgan fingerprint density at radius 3 is 2.86 bits per heavy atom. The number of nitrogens with zero attached hydrogens (tertiary/aromatic N) is 2. The van der Waals surface area contributed by atoms with Crippen LogP contribution < -0.4 is 0 Å². The molecule has 0 aliphatic carbocycles. The number of morpholine rings is 1. The topological polar surface area (TPSA) is 49.9 Å². The minimum atomic E-state index is -3.57. The highest BCUT2D eigenvalue weighted by atomic mass is 35.5. The summed E-state index contributed by atoms with van der Waals surface area (Å²) < 4.78 is 33.2. The van der Waals surface area contributed by atoms with Gasteiger partial charge in [-0.05, 0) is 32.0 Å². The Bertz CT molecular complexity index is 665. The Balaban J connectivity index is 1.88. The van der Waals surface area contributed by atoms with Crippen LogP contribution in [0.4, 0.5) is 0 Å². The van der Waals surface area contributed by atoms with Crippen molar-refractivity contribution in [2.75, 3.05) is 33.3 Å². The average Bonchev–Trinajstić information content (AvgIpc) is 2.50. The lowest BCUT2D eigenvalue weighted by Gasteiger charge is -2.45. The van der Waals surface area contributed by atoms with Gasteiger partial charge in [0.1, 0.15) is 4.90 Å². The monoisotopic (exact) mass is 344 g/mol. The molecule has 0 bridgehead atoms. The molecule has 3 rings (SSSR count). The highest BCUT2D eigenvalue weighted by Crippen LogP contribution is 2.31. The minimum absolute atomic E-state index is 0.112. The van der Waals surface area contributed by atoms with Crippen LogP contribution in [0.5, 0.6) is 0 Å². The van der Waals surface area contributed by atoms with Gasteiger partial charge in [0.2, 0.25) is 10.0 Å². The van der Waals surface area contributed by atoms with Gasteiger partial charge in [-0.2, -0.15) is 4.31 Å². The number of aryl methyl sites for hydroxylation is 1. The first-order chi connectivity index (χ1) is 10.4. The van der Waals surface area contributed by atoms with Gasteiger partial charge in [-0.15, -0.1) is 0 Å². The first kappa shape index (κ1) is 16.2. The Morgan fingerprint density at radius 1 is 1.32 bits per heavy atom. The van der Waals surface area contributed by atoms with E-state index in [1.54, 1.807) is 16.4 Å². The second kappa shape index (κ2) is 6.09. The molecule has 0 aromatic heterocycles. The molecule has 2 fully saturated rings. The number of hydrogen-bond acceptors (Lipinski definition) is 4. The normalized spacial score (nSPS) is 27.6. The lowest BCUT2D eigenvalue weighted by Crippen LogP contribution is -2.59. The smallest absolute Gasteiger partial charge is 0.244 e. The fraction of sp³-hybridized carbons (Fsp3) is 0.600. The Kier molecular flexibility index (Phi) is 4.49. The molecule has 2 saturated heterocycles. The number of halogens is 1. The molecular formula is C15H21ClN2O3S. The van der Waals surface area contributed by atoms with E-state index in [0.717, 1.165) is 18.5 Å². The fourth-order valence-corrected chi connectivity index (χ4v) is 5.22. The number of benzene rings is 1. The van der Waals surface area contributed by atoms with Crippen LogP contribution in [0.2, 0.25) is 5.02 Å². The zero-order chi connectivity index (χ0) is 15.9. The summed E-state index contributed by atoms with van der Waals surface area (Å²) in [5.74, 6) is 0. The van der Waals surface area contributed by atoms with Crippen molar-refractivity contribution in [1.29, 1.82) is 0 Å². The van der Waals surface area contributed by atoms with Crippen molar-refractivity contribution in [1.82, 2.24) is 9.21 Å². The predicted octanol–water partition coefficient (Wildman–Crippen LogP) is 1.74. The van der Waals surface area contributed by atoms with E-state index < -0.39 is 10.0 Å². The summed E-state index contributed by atoms with van der Waals surface area (Å²) in [5.41, 5.74) is 0.774. The van der Waals surface area contributed by atoms with E-state index in [2.05, 4.69) is 4.90 Å². The van der Waals surface area contributed by atoms with Gasteiger partial charge in [0.25, 0.3) is 0 Å². The maximum Gasteiger partial charge on any atom is 0.244 e. The van der Waals surface area contributed by atoms with Gasteiger partial charge in [-0.1, -0.05) is 23.7 Å². The quantitative estimate of drug-likeness (QED) is 0.820. The molecule has 2 aliphatic rings. The summed E-state index contributed by atoms with van der Waals surface area (Å²) >= 11 is 6.22. The highest BCUT2D eigenvalue weighted by molar-refractivity contribution is 7.89. The SMILES string of the molecule is Cc1cccc(S(=O)(=O)N2CC[C@H]3OCCN(C)[C@@H]3C2)c1Cl. The van der Waals surface area contributed by atoms with Crippen LogP contribution in [-0.4, -0.2) is 63.1 Å². The Labute approximate surface area is 136 Å². The first-order valence-electron chi connectivity index (χ1n) is 7.48. The molecule has 0 radical (unpaired) electrons. The van der Waals surface area contributed by atoms with E-state index in [4.69, 9.17) is 16.3 Å². The summed E-state index contributed by atoms with van der Waals surface area (Å²) in [7, 11) is -1.55. The number of ether oxygens (including phenoxy) is 1. The van der Waals surface area contributed by atoms with Crippen LogP contribution in [0, 0.1) is 6.92 Å². The zero-order valence-corrected chi connectivity index (χ0v) is 14.4. The molecule has 0 N–H and O–H groups in total. The van der Waals surface area contributed by atoms with Crippen molar-refractivity contribution < 1.29 is 13.2 Å². The molecule has 5 nitrogen and oxygen atoms in total. The largest absolute Gasteiger partial charge is 0.375 e. The van der Waals surface area contributed by atoms with E-state index in [-0.39, 0.29) is 17.0 Å². The molecular weight excluding hydrogens is 324 g/mol. The standard InChI is InChI=1S/C15H21ClN2O3S/c1-11-4-3-5-14(15(11)16)22(19,20)18-7-6-13-12(10-18)17(2)8-9-21-13/h3-5,12-13H,6-10H2,1-2H3/t12-,13-/m1/s1. The highest BCUT2D eigenvalue weighted by Gasteiger charge is 2.40. The molecule has 2 heterocycles. The fourth-order valence-electron chi connectivity index (χ4n) is 3.19. The number of fused-ring (bicyclic) bond motifs is 1. The van der Waals surface area contributed by atoms with E-state index in [1.807, 2.05) is 20.0 Å². The number of sulfonamides is 1. The van der Waals surface area contributed by atoms with Crippen molar-refractivity contribution >= 4 is 21.6 Å². The van der Waals surface area contributed by atoms with Crippen LogP contribution in [0.3, 0.4) is 0 Å². The first-order valence-corrected chi connectivity index (χ1v) is 9.30. The summed E-state index contributed by atoms with van der Waals surface area (Å²) in [6, 6.07) is 5.24. The van der Waals surface area contributed by atoms with E-state index in [9.17, 15) is 8.42 Å². The molecule has 0 amide bonds. The van der Waals surface area contributed by atoms with Crippen LogP contribution in [0.25, 0.3) is 0 Å². The van der Waals surface area contributed by atoms with E-state index in [0.29, 0.717) is 24.7 Å². The third kappa shape index (κ3) is 2.78. The van der Waals surface area contributed by atoms with Crippen LogP contribution >= 0.6 is 11.6 Å². The van der Waals surface area contributed by atoms with Gasteiger partial charge in [0.15, 0.2) is 0 Å². The number of hydrogen-bond donors (Lipinski definition) is 0. The zero-order valence-electron chi connectivity index (χ0n) is 12.8. The molecule has 1 aromatic carbocycles. The van der Waals surface area contributed by atoms with Crippen molar-refractivity contribution in [3.63, 3.8) is 0 Å². The van der Waals surface area contributed by atoms with Crippen molar-refractivity contribution in [3.8, 4) is 0 Å². The summed E-state index contributed by atoms with van der Waals surface area (Å²) in [6.45, 7) is 4.29. The third-order valence-electron chi connectivity index (χ3n) is 4.60. The molecule has 2 atom stereocenters. The molecule has 1 aromatic rings. The predicted molar refractivity (Wildman–Crippen MR) is 85.7 cm³/mol. The van der Waals surface area contributed by atoms with Crippen molar-refractivity contribution in [2.45, 2.75) is 30.4 Å². The lowest BCUT2D eigenvalue weighted by molar-refractivity contribution is -0.0840. The van der Waals surface area contributed by atoms with Crippen LogP contribution in [-0.2, 0) is 14.8 Å². The number of likely N-dealkylation sites (N-methyl/N-ethyl adjacent to an activating group) is 1. The van der Waals surface area contributed by atoms with Crippen LogP contribution in [0.15, 0.2) is 23.1 Å². The molecule has 0 saturated carbocycles. The van der Waals surface area contributed by atoms with Crippen molar-refractivity contribution in [3.05, 3.63) is 28.8 Å². The van der Waals surface area contributed by atoms with Gasteiger partial charge < -0.3 is 4.74 Å². The minimum Gasteiger partial charge on any atom is -0.375 e. The molecule has 0 unspecified atom stereocenters. The van der Waals surface area contributed by atoms with E-state index >= 15 is 0 Å². The molecule has 7 heteroatoms. The van der Waals surface area contributed by atoms with E-state index in [1.165, 1.54) is 0 Å². The van der Waals surface area contributed by atoms with Gasteiger partial charge in [-0.25, -0.2) is 8.42 Å². The third-order valence-corrected chi connectivity index (χ3v) is 7.12.